The van der Waals surface area contributed by atoms with Crippen LogP contribution < -0.4 is 15.5 Å². The fourth-order valence-corrected chi connectivity index (χ4v) is 3.65. The third-order valence-electron chi connectivity index (χ3n) is 5.40. The molecule has 1 fully saturated rings. The van der Waals surface area contributed by atoms with Crippen LogP contribution in [-0.4, -0.2) is 57.6 Å². The van der Waals surface area contributed by atoms with Gasteiger partial charge in [0.15, 0.2) is 11.5 Å². The molecule has 0 radical (unpaired) electrons. The number of aromatic nitrogens is 4. The van der Waals surface area contributed by atoms with E-state index in [4.69, 9.17) is 14.8 Å². The number of carbonyl (C=O) groups is 1. The van der Waals surface area contributed by atoms with E-state index in [0.29, 0.717) is 36.1 Å². The molecule has 10 nitrogen and oxygen atoms in total. The van der Waals surface area contributed by atoms with Gasteiger partial charge in [-0.1, -0.05) is 12.1 Å². The third kappa shape index (κ3) is 4.61. The molecule has 0 aliphatic carbocycles. The largest absolute Gasteiger partial charge is 0.392 e. The van der Waals surface area contributed by atoms with E-state index in [-0.39, 0.29) is 12.6 Å². The summed E-state index contributed by atoms with van der Waals surface area (Å²) in [7, 11) is 0. The molecule has 33 heavy (non-hydrogen) atoms. The van der Waals surface area contributed by atoms with Crippen molar-refractivity contribution in [2.75, 3.05) is 41.8 Å². The Hall–Kier alpha value is -4.02. The van der Waals surface area contributed by atoms with E-state index in [1.165, 1.54) is 0 Å². The Labute approximate surface area is 189 Å². The van der Waals surface area contributed by atoms with Crippen molar-refractivity contribution in [1.29, 1.82) is 0 Å². The predicted molar refractivity (Wildman–Crippen MR) is 125 cm³/mol. The second kappa shape index (κ2) is 9.23. The Balaban J connectivity index is 1.32. The van der Waals surface area contributed by atoms with Crippen LogP contribution in [0, 0.1) is 0 Å². The predicted octanol–water partition coefficient (Wildman–Crippen LogP) is 2.99. The molecule has 168 valence electrons. The maximum atomic E-state index is 12.3. The van der Waals surface area contributed by atoms with Crippen LogP contribution in [0.3, 0.4) is 0 Å². The molecule has 1 aliphatic rings. The molecule has 0 unspecified atom stereocenters. The molecule has 2 amide bonds. The van der Waals surface area contributed by atoms with E-state index in [0.717, 1.165) is 35.4 Å². The second-order valence-electron chi connectivity index (χ2n) is 7.61. The summed E-state index contributed by atoms with van der Waals surface area (Å²) in [6.45, 7) is 2.80. The highest BCUT2D eigenvalue weighted by Crippen LogP contribution is 2.27. The summed E-state index contributed by atoms with van der Waals surface area (Å²) >= 11 is 0. The zero-order valence-corrected chi connectivity index (χ0v) is 17.8. The Morgan fingerprint density at radius 1 is 1.00 bits per heavy atom. The molecule has 1 aliphatic heterocycles. The minimum absolute atomic E-state index is 0.0379. The first-order valence-electron chi connectivity index (χ1n) is 10.6. The van der Waals surface area contributed by atoms with Crippen LogP contribution in [-0.2, 0) is 11.3 Å². The summed E-state index contributed by atoms with van der Waals surface area (Å²) in [4.78, 5) is 23.9. The Kier molecular flexibility index (Phi) is 5.83. The van der Waals surface area contributed by atoms with Crippen LogP contribution in [0.5, 0.6) is 0 Å². The normalized spacial score (nSPS) is 13.8. The maximum absolute atomic E-state index is 12.3. The molecular weight excluding hydrogens is 422 g/mol. The summed E-state index contributed by atoms with van der Waals surface area (Å²) in [6.07, 6.45) is 1.74. The van der Waals surface area contributed by atoms with Crippen LogP contribution >= 0.6 is 0 Å². The van der Waals surface area contributed by atoms with Crippen LogP contribution in [0.2, 0.25) is 0 Å². The molecular formula is C23H23N7O3. The summed E-state index contributed by atoms with van der Waals surface area (Å²) in [5.74, 6) is 1.41. The summed E-state index contributed by atoms with van der Waals surface area (Å²) in [5, 5.41) is 22.6. The summed E-state index contributed by atoms with van der Waals surface area (Å²) < 4.78 is 5.46. The smallest absolute Gasteiger partial charge is 0.323 e. The molecule has 0 spiro atoms. The van der Waals surface area contributed by atoms with Gasteiger partial charge in [0.05, 0.1) is 31.4 Å². The number of morpholine rings is 1. The number of ether oxygens (including phenoxy) is 1. The van der Waals surface area contributed by atoms with Gasteiger partial charge in [0.1, 0.15) is 5.82 Å². The highest BCUT2D eigenvalue weighted by atomic mass is 16.5. The van der Waals surface area contributed by atoms with Gasteiger partial charge < -0.3 is 25.4 Å². The molecule has 0 saturated carbocycles. The lowest BCUT2D eigenvalue weighted by atomic mass is 10.2. The third-order valence-corrected chi connectivity index (χ3v) is 5.40. The van der Waals surface area contributed by atoms with Crippen molar-refractivity contribution >= 4 is 34.3 Å². The maximum Gasteiger partial charge on any atom is 0.323 e. The number of fused-ring (bicyclic) bond motifs is 1. The second-order valence-corrected chi connectivity index (χ2v) is 7.61. The molecule has 2 aromatic heterocycles. The van der Waals surface area contributed by atoms with Crippen molar-refractivity contribution in [2.45, 2.75) is 6.61 Å². The standard InChI is InChI=1S/C23H23N7O3/c31-14-15-1-5-17(6-2-15)25-23(32)26-18-7-3-16(4-8-18)20-27-21-19(13-24-29-21)22(28-20)30-9-11-33-12-10-30/h1-8,13,31H,9-12,14H2,(H2,25,26,32)(H,24,27,28,29). The van der Waals surface area contributed by atoms with E-state index < -0.39 is 0 Å². The van der Waals surface area contributed by atoms with E-state index in [1.54, 1.807) is 42.6 Å². The van der Waals surface area contributed by atoms with Crippen LogP contribution in [0.1, 0.15) is 5.56 Å². The van der Waals surface area contributed by atoms with Crippen molar-refractivity contribution in [3.8, 4) is 11.4 Å². The zero-order valence-electron chi connectivity index (χ0n) is 17.8. The topological polar surface area (TPSA) is 128 Å². The molecule has 3 heterocycles. The molecule has 10 heteroatoms. The number of nitrogens with zero attached hydrogens (tertiary/aromatic N) is 4. The SMILES string of the molecule is O=C(Nc1ccc(CO)cc1)Nc1ccc(-c2nc(N3CCOCC3)c3cn[nH]c3n2)cc1. The van der Waals surface area contributed by atoms with Gasteiger partial charge in [0.25, 0.3) is 0 Å². The molecule has 0 atom stereocenters. The average Bonchev–Trinajstić information content (AvgIpc) is 3.34. The quantitative estimate of drug-likeness (QED) is 0.372. The number of aliphatic hydroxyl groups excluding tert-OH is 1. The minimum atomic E-state index is -0.357. The van der Waals surface area contributed by atoms with Crippen molar-refractivity contribution in [2.24, 2.45) is 0 Å². The Morgan fingerprint density at radius 3 is 2.33 bits per heavy atom. The number of benzene rings is 2. The van der Waals surface area contributed by atoms with Crippen LogP contribution in [0.25, 0.3) is 22.4 Å². The lowest BCUT2D eigenvalue weighted by molar-refractivity contribution is 0.122. The lowest BCUT2D eigenvalue weighted by Crippen LogP contribution is -2.37. The van der Waals surface area contributed by atoms with Gasteiger partial charge in [-0.2, -0.15) is 5.10 Å². The van der Waals surface area contributed by atoms with Gasteiger partial charge in [-0.25, -0.2) is 14.8 Å². The molecule has 4 N–H and O–H groups in total. The van der Waals surface area contributed by atoms with Gasteiger partial charge in [-0.3, -0.25) is 5.10 Å². The van der Waals surface area contributed by atoms with Gasteiger partial charge in [0, 0.05) is 30.0 Å². The molecule has 0 bridgehead atoms. The molecule has 4 aromatic rings. The number of anilines is 3. The molecule has 2 aromatic carbocycles. The number of aliphatic hydroxyl groups is 1. The first-order valence-corrected chi connectivity index (χ1v) is 10.6. The molecule has 1 saturated heterocycles. The van der Waals surface area contributed by atoms with Crippen molar-refractivity contribution in [3.05, 3.63) is 60.3 Å². The van der Waals surface area contributed by atoms with E-state index >= 15 is 0 Å². The van der Waals surface area contributed by atoms with E-state index in [9.17, 15) is 4.79 Å². The lowest BCUT2D eigenvalue weighted by Gasteiger charge is -2.28. The number of amides is 2. The number of urea groups is 1. The summed E-state index contributed by atoms with van der Waals surface area (Å²) in [5.41, 5.74) is 3.56. The number of hydrogen-bond donors (Lipinski definition) is 4. The zero-order chi connectivity index (χ0) is 22.6. The van der Waals surface area contributed by atoms with Gasteiger partial charge in [-0.15, -0.1) is 0 Å². The van der Waals surface area contributed by atoms with Crippen LogP contribution in [0.4, 0.5) is 22.0 Å². The average molecular weight is 445 g/mol. The number of H-pyrrole nitrogens is 1. The number of nitrogens with one attached hydrogen (secondary N) is 3. The minimum Gasteiger partial charge on any atom is -0.392 e. The fraction of sp³-hybridized carbons (Fsp3) is 0.217. The fourth-order valence-electron chi connectivity index (χ4n) is 3.65. The highest BCUT2D eigenvalue weighted by molar-refractivity contribution is 5.99. The number of carbonyl (C=O) groups excluding carboxylic acids is 1. The van der Waals surface area contributed by atoms with Crippen molar-refractivity contribution in [1.82, 2.24) is 20.2 Å². The molecule has 5 rings (SSSR count). The van der Waals surface area contributed by atoms with E-state index in [2.05, 4.69) is 30.7 Å². The number of hydrogen-bond acceptors (Lipinski definition) is 7. The first-order chi connectivity index (χ1) is 16.2. The van der Waals surface area contributed by atoms with Crippen molar-refractivity contribution < 1.29 is 14.6 Å². The summed E-state index contributed by atoms with van der Waals surface area (Å²) in [6, 6.07) is 14.0. The van der Waals surface area contributed by atoms with Gasteiger partial charge in [0.2, 0.25) is 0 Å². The Bertz CT molecular complexity index is 1250. The highest BCUT2D eigenvalue weighted by Gasteiger charge is 2.19. The first kappa shape index (κ1) is 20.9. The van der Waals surface area contributed by atoms with Gasteiger partial charge >= 0.3 is 6.03 Å². The van der Waals surface area contributed by atoms with Crippen LogP contribution in [0.15, 0.2) is 54.7 Å². The van der Waals surface area contributed by atoms with Crippen molar-refractivity contribution in [3.63, 3.8) is 0 Å². The Morgan fingerprint density at radius 2 is 1.67 bits per heavy atom. The van der Waals surface area contributed by atoms with E-state index in [1.807, 2.05) is 12.1 Å². The van der Waals surface area contributed by atoms with Gasteiger partial charge in [-0.05, 0) is 42.0 Å². The monoisotopic (exact) mass is 445 g/mol. The number of rotatable bonds is 5. The number of aromatic amines is 1.